The van der Waals surface area contributed by atoms with E-state index in [1.165, 1.54) is 16.8 Å². The fourth-order valence-corrected chi connectivity index (χ4v) is 4.79. The molecule has 1 atom stereocenters. The normalized spacial score (nSPS) is 15.5. The molecule has 9 nitrogen and oxygen atoms in total. The standard InChI is InChI=1S/C27H21FN8O/c28-23-14-19(36-26-24(33-34-36)4-2-11-31-26)6-8-22(23)27(37)35(20-3-1-10-30-16-20)25-21-7-5-17(15-29)13-18(21)9-12-32-25/h2,4-9,11-14,20,30H,1,3,10,16H2/t20-/m1/s1. The third kappa shape index (κ3) is 4.05. The summed E-state index contributed by atoms with van der Waals surface area (Å²) in [6, 6.07) is 16.9. The highest BCUT2D eigenvalue weighted by atomic mass is 19.1. The number of halogens is 1. The number of fused-ring (bicyclic) bond motifs is 2. The number of benzene rings is 2. The van der Waals surface area contributed by atoms with Crippen molar-refractivity contribution in [3.8, 4) is 11.8 Å². The maximum atomic E-state index is 15.5. The summed E-state index contributed by atoms with van der Waals surface area (Å²) in [5, 5.41) is 22.3. The number of aromatic nitrogens is 5. The van der Waals surface area contributed by atoms with Gasteiger partial charge in [-0.3, -0.25) is 9.69 Å². The zero-order valence-corrected chi connectivity index (χ0v) is 19.7. The van der Waals surface area contributed by atoms with Crippen LogP contribution in [-0.4, -0.2) is 50.0 Å². The van der Waals surface area contributed by atoms with Gasteiger partial charge in [0.15, 0.2) is 5.65 Å². The van der Waals surface area contributed by atoms with Crippen molar-refractivity contribution in [3.05, 3.63) is 83.9 Å². The number of pyridine rings is 2. The van der Waals surface area contributed by atoms with E-state index in [9.17, 15) is 10.1 Å². The van der Waals surface area contributed by atoms with Crippen molar-refractivity contribution in [1.82, 2.24) is 30.3 Å². The molecule has 1 fully saturated rings. The van der Waals surface area contributed by atoms with Crippen molar-refractivity contribution >= 4 is 33.7 Å². The zero-order chi connectivity index (χ0) is 25.4. The first-order valence-corrected chi connectivity index (χ1v) is 11.9. The van der Waals surface area contributed by atoms with Crippen LogP contribution in [0.1, 0.15) is 28.8 Å². The lowest BCUT2D eigenvalue weighted by molar-refractivity contribution is 0.0968. The molecule has 0 unspecified atom stereocenters. The molecule has 0 bridgehead atoms. The predicted molar refractivity (Wildman–Crippen MR) is 136 cm³/mol. The van der Waals surface area contributed by atoms with Crippen LogP contribution in [0.4, 0.5) is 10.2 Å². The van der Waals surface area contributed by atoms with Crippen LogP contribution in [0.3, 0.4) is 0 Å². The number of rotatable bonds is 4. The molecule has 5 aromatic rings. The van der Waals surface area contributed by atoms with Crippen molar-refractivity contribution in [3.63, 3.8) is 0 Å². The lowest BCUT2D eigenvalue weighted by Gasteiger charge is -2.34. The van der Waals surface area contributed by atoms with E-state index in [-0.39, 0.29) is 11.6 Å². The van der Waals surface area contributed by atoms with Crippen LogP contribution in [0.15, 0.2) is 67.0 Å². The van der Waals surface area contributed by atoms with E-state index in [0.29, 0.717) is 34.8 Å². The Labute approximate surface area is 211 Å². The van der Waals surface area contributed by atoms with E-state index in [1.54, 1.807) is 59.8 Å². The molecule has 0 spiro atoms. The average molecular weight is 493 g/mol. The molecular weight excluding hydrogens is 471 g/mol. The minimum atomic E-state index is -0.678. The van der Waals surface area contributed by atoms with Crippen molar-refractivity contribution in [2.75, 3.05) is 18.0 Å². The van der Waals surface area contributed by atoms with Gasteiger partial charge in [-0.1, -0.05) is 5.21 Å². The van der Waals surface area contributed by atoms with E-state index >= 15 is 4.39 Å². The van der Waals surface area contributed by atoms with Crippen molar-refractivity contribution < 1.29 is 9.18 Å². The Morgan fingerprint density at radius 2 is 2.05 bits per heavy atom. The summed E-state index contributed by atoms with van der Waals surface area (Å²) in [5.41, 5.74) is 1.93. The molecule has 0 radical (unpaired) electrons. The summed E-state index contributed by atoms with van der Waals surface area (Å²) in [7, 11) is 0. The Hall–Kier alpha value is -4.75. The second kappa shape index (κ2) is 9.37. The van der Waals surface area contributed by atoms with Gasteiger partial charge in [-0.15, -0.1) is 5.10 Å². The van der Waals surface area contributed by atoms with Gasteiger partial charge < -0.3 is 5.32 Å². The van der Waals surface area contributed by atoms with E-state index in [0.717, 1.165) is 30.2 Å². The highest BCUT2D eigenvalue weighted by Crippen LogP contribution is 2.30. The van der Waals surface area contributed by atoms with Crippen LogP contribution in [0.5, 0.6) is 0 Å². The molecule has 3 aromatic heterocycles. The molecule has 1 amide bonds. The summed E-state index contributed by atoms with van der Waals surface area (Å²) in [4.78, 5) is 24.4. The van der Waals surface area contributed by atoms with Gasteiger partial charge in [-0.2, -0.15) is 9.94 Å². The number of piperidine rings is 1. The molecular formula is C27H21FN8O. The van der Waals surface area contributed by atoms with E-state index in [4.69, 9.17) is 0 Å². The zero-order valence-electron chi connectivity index (χ0n) is 19.7. The molecule has 6 rings (SSSR count). The fourth-order valence-electron chi connectivity index (χ4n) is 4.79. The number of hydrogen-bond acceptors (Lipinski definition) is 7. The van der Waals surface area contributed by atoms with Crippen LogP contribution >= 0.6 is 0 Å². The first-order valence-electron chi connectivity index (χ1n) is 11.9. The lowest BCUT2D eigenvalue weighted by atomic mass is 10.0. The van der Waals surface area contributed by atoms with Gasteiger partial charge in [0, 0.05) is 30.4 Å². The molecule has 10 heteroatoms. The maximum absolute atomic E-state index is 15.5. The summed E-state index contributed by atoms with van der Waals surface area (Å²) < 4.78 is 17.0. The summed E-state index contributed by atoms with van der Waals surface area (Å²) >= 11 is 0. The Kier molecular flexibility index (Phi) is 5.75. The number of hydrogen-bond donors (Lipinski definition) is 1. The van der Waals surface area contributed by atoms with Crippen molar-refractivity contribution in [1.29, 1.82) is 5.26 Å². The SMILES string of the molecule is N#Cc1ccc2c(N(C(=O)c3ccc(-n4nnc5cccnc54)cc3F)[C@@H]3CCCNC3)nccc2c1. The third-order valence-corrected chi connectivity index (χ3v) is 6.59. The largest absolute Gasteiger partial charge is 0.315 e. The summed E-state index contributed by atoms with van der Waals surface area (Å²) in [6.07, 6.45) is 4.86. The minimum absolute atomic E-state index is 0.0702. The molecule has 1 saturated heterocycles. The van der Waals surface area contributed by atoms with Gasteiger partial charge in [0.05, 0.1) is 28.9 Å². The Morgan fingerprint density at radius 1 is 1.14 bits per heavy atom. The molecule has 4 heterocycles. The molecule has 0 aliphatic carbocycles. The molecule has 37 heavy (non-hydrogen) atoms. The fraction of sp³-hybridized carbons (Fsp3) is 0.185. The predicted octanol–water partition coefficient (Wildman–Crippen LogP) is 3.77. The van der Waals surface area contributed by atoms with E-state index in [1.807, 2.05) is 0 Å². The smallest absolute Gasteiger partial charge is 0.262 e. The van der Waals surface area contributed by atoms with Crippen LogP contribution in [0.25, 0.3) is 27.6 Å². The Morgan fingerprint density at radius 3 is 2.86 bits per heavy atom. The van der Waals surface area contributed by atoms with Crippen LogP contribution in [0.2, 0.25) is 0 Å². The first kappa shape index (κ1) is 22.7. The third-order valence-electron chi connectivity index (χ3n) is 6.59. The number of nitriles is 1. The monoisotopic (exact) mass is 492 g/mol. The van der Waals surface area contributed by atoms with Crippen molar-refractivity contribution in [2.45, 2.75) is 18.9 Å². The van der Waals surface area contributed by atoms with E-state index in [2.05, 4.69) is 31.7 Å². The van der Waals surface area contributed by atoms with Gasteiger partial charge in [-0.25, -0.2) is 14.4 Å². The minimum Gasteiger partial charge on any atom is -0.315 e. The van der Waals surface area contributed by atoms with Crippen LogP contribution in [0, 0.1) is 17.1 Å². The number of amides is 1. The second-order valence-electron chi connectivity index (χ2n) is 8.87. The van der Waals surface area contributed by atoms with E-state index < -0.39 is 11.7 Å². The van der Waals surface area contributed by atoms with Crippen molar-refractivity contribution in [2.24, 2.45) is 0 Å². The summed E-state index contributed by atoms with van der Waals surface area (Å²) in [5.74, 6) is -0.720. The Bertz CT molecular complexity index is 1690. The van der Waals surface area contributed by atoms with Gasteiger partial charge in [0.2, 0.25) is 0 Å². The first-order chi connectivity index (χ1) is 18.1. The number of carbonyl (C=O) groups excluding carboxylic acids is 1. The van der Waals surface area contributed by atoms with Gasteiger partial charge in [0.1, 0.15) is 17.2 Å². The molecule has 182 valence electrons. The topological polar surface area (TPSA) is 113 Å². The lowest BCUT2D eigenvalue weighted by Crippen LogP contribution is -2.49. The maximum Gasteiger partial charge on any atom is 0.262 e. The Balaban J connectivity index is 1.43. The second-order valence-corrected chi connectivity index (χ2v) is 8.87. The highest BCUT2D eigenvalue weighted by Gasteiger charge is 2.31. The molecule has 1 aliphatic rings. The number of nitrogens with zero attached hydrogens (tertiary/aromatic N) is 7. The average Bonchev–Trinajstić information content (AvgIpc) is 3.38. The molecule has 1 aliphatic heterocycles. The van der Waals surface area contributed by atoms with Gasteiger partial charge in [0.25, 0.3) is 5.91 Å². The van der Waals surface area contributed by atoms with Gasteiger partial charge in [-0.05, 0) is 73.3 Å². The number of nitrogens with one attached hydrogen (secondary N) is 1. The molecule has 0 saturated carbocycles. The van der Waals surface area contributed by atoms with Crippen LogP contribution < -0.4 is 10.2 Å². The number of carbonyl (C=O) groups is 1. The van der Waals surface area contributed by atoms with Crippen LogP contribution in [-0.2, 0) is 0 Å². The molecule has 1 N–H and O–H groups in total. The summed E-state index contributed by atoms with van der Waals surface area (Å²) in [6.45, 7) is 1.42. The molecule has 2 aromatic carbocycles. The number of anilines is 1. The quantitative estimate of drug-likeness (QED) is 0.406. The highest BCUT2D eigenvalue weighted by molar-refractivity contribution is 6.10. The van der Waals surface area contributed by atoms with Gasteiger partial charge >= 0.3 is 0 Å².